The van der Waals surface area contributed by atoms with E-state index in [1.807, 2.05) is 19.3 Å². The number of aromatic nitrogens is 2. The predicted octanol–water partition coefficient (Wildman–Crippen LogP) is 3.06. The summed E-state index contributed by atoms with van der Waals surface area (Å²) in [5, 5.41) is 3.23. The fraction of sp³-hybridized carbons (Fsp3) is 0.444. The van der Waals surface area contributed by atoms with Crippen LogP contribution < -0.4 is 11.1 Å². The number of aliphatic imine (C=N–C) groups is 1. The van der Waals surface area contributed by atoms with E-state index < -0.39 is 0 Å². The third kappa shape index (κ3) is 5.22. The van der Waals surface area contributed by atoms with Gasteiger partial charge in [0, 0.05) is 25.5 Å². The highest BCUT2D eigenvalue weighted by Crippen LogP contribution is 2.24. The average Bonchev–Trinajstić information content (AvgIpc) is 2.89. The summed E-state index contributed by atoms with van der Waals surface area (Å²) in [7, 11) is 0. The van der Waals surface area contributed by atoms with Crippen LogP contribution in [0.4, 0.5) is 0 Å². The number of halogens is 1. The zero-order valence-corrected chi connectivity index (χ0v) is 16.4. The first-order chi connectivity index (χ1) is 11.2. The molecule has 0 saturated heterocycles. The summed E-state index contributed by atoms with van der Waals surface area (Å²) in [5.41, 5.74) is 8.37. The molecule has 0 aliphatic heterocycles. The minimum Gasteiger partial charge on any atom is -0.370 e. The Labute approximate surface area is 160 Å². The van der Waals surface area contributed by atoms with E-state index >= 15 is 0 Å². The summed E-state index contributed by atoms with van der Waals surface area (Å²) in [4.78, 5) is 8.70. The van der Waals surface area contributed by atoms with Crippen LogP contribution in [0.5, 0.6) is 0 Å². The van der Waals surface area contributed by atoms with Crippen molar-refractivity contribution in [2.24, 2.45) is 16.6 Å². The number of rotatable bonds is 6. The molecule has 24 heavy (non-hydrogen) atoms. The monoisotopic (exact) mass is 439 g/mol. The molecule has 0 spiro atoms. The Balaban J connectivity index is 0.00000208. The van der Waals surface area contributed by atoms with Crippen molar-refractivity contribution >= 4 is 29.9 Å². The summed E-state index contributed by atoms with van der Waals surface area (Å²) >= 11 is 0. The van der Waals surface area contributed by atoms with Gasteiger partial charge in [-0.2, -0.15) is 0 Å². The van der Waals surface area contributed by atoms with Crippen LogP contribution in [0.3, 0.4) is 0 Å². The number of hydrogen-bond acceptors (Lipinski definition) is 2. The summed E-state index contributed by atoms with van der Waals surface area (Å²) in [6.45, 7) is 4.41. The maximum absolute atomic E-state index is 5.94. The summed E-state index contributed by atoms with van der Waals surface area (Å²) in [6, 6.07) is 8.48. The molecule has 6 heteroatoms. The van der Waals surface area contributed by atoms with Crippen LogP contribution in [0.2, 0.25) is 0 Å². The molecule has 0 bridgehead atoms. The van der Waals surface area contributed by atoms with Crippen molar-refractivity contribution < 1.29 is 0 Å². The van der Waals surface area contributed by atoms with Crippen molar-refractivity contribution in [1.29, 1.82) is 0 Å². The number of aryl methyl sites for hydroxylation is 1. The van der Waals surface area contributed by atoms with Gasteiger partial charge in [0.05, 0.1) is 6.54 Å². The number of benzene rings is 1. The molecule has 130 valence electrons. The van der Waals surface area contributed by atoms with Gasteiger partial charge in [0.25, 0.3) is 0 Å². The SMILES string of the molecule is Cc1nccn1Cc1cccc(CN=C(N)NCC2CCC2)c1.I. The molecular weight excluding hydrogens is 413 g/mol. The Morgan fingerprint density at radius 1 is 1.38 bits per heavy atom. The van der Waals surface area contributed by atoms with Crippen molar-refractivity contribution in [2.75, 3.05) is 6.54 Å². The van der Waals surface area contributed by atoms with Crippen molar-refractivity contribution in [3.8, 4) is 0 Å². The van der Waals surface area contributed by atoms with Gasteiger partial charge in [0.2, 0.25) is 0 Å². The van der Waals surface area contributed by atoms with Crippen molar-refractivity contribution in [3.63, 3.8) is 0 Å². The van der Waals surface area contributed by atoms with E-state index in [4.69, 9.17) is 5.73 Å². The van der Waals surface area contributed by atoms with E-state index in [2.05, 4.69) is 44.1 Å². The Morgan fingerprint density at radius 3 is 2.83 bits per heavy atom. The van der Waals surface area contributed by atoms with E-state index in [-0.39, 0.29) is 24.0 Å². The number of guanidine groups is 1. The zero-order valence-electron chi connectivity index (χ0n) is 14.1. The molecule has 0 amide bonds. The summed E-state index contributed by atoms with van der Waals surface area (Å²) in [6.07, 6.45) is 7.82. The number of nitrogens with one attached hydrogen (secondary N) is 1. The minimum atomic E-state index is 0. The zero-order chi connectivity index (χ0) is 16.1. The smallest absolute Gasteiger partial charge is 0.188 e. The third-order valence-corrected chi connectivity index (χ3v) is 4.50. The topological polar surface area (TPSA) is 68.2 Å². The number of nitrogens with zero attached hydrogens (tertiary/aromatic N) is 3. The normalized spacial score (nSPS) is 14.8. The summed E-state index contributed by atoms with van der Waals surface area (Å²) in [5.74, 6) is 2.36. The largest absolute Gasteiger partial charge is 0.370 e. The molecule has 2 aromatic rings. The van der Waals surface area contributed by atoms with Crippen LogP contribution in [0.25, 0.3) is 0 Å². The van der Waals surface area contributed by atoms with Crippen LogP contribution >= 0.6 is 24.0 Å². The van der Waals surface area contributed by atoms with Crippen LogP contribution in [-0.4, -0.2) is 22.1 Å². The maximum Gasteiger partial charge on any atom is 0.188 e. The van der Waals surface area contributed by atoms with E-state index in [9.17, 15) is 0 Å². The molecule has 5 nitrogen and oxygen atoms in total. The second kappa shape index (κ2) is 9.05. The predicted molar refractivity (Wildman–Crippen MR) is 109 cm³/mol. The Bertz CT molecular complexity index is 676. The average molecular weight is 439 g/mol. The van der Waals surface area contributed by atoms with Crippen molar-refractivity contribution in [1.82, 2.24) is 14.9 Å². The van der Waals surface area contributed by atoms with Gasteiger partial charge in [-0.25, -0.2) is 9.98 Å². The van der Waals surface area contributed by atoms with Gasteiger partial charge in [-0.15, -0.1) is 24.0 Å². The van der Waals surface area contributed by atoms with Gasteiger partial charge < -0.3 is 15.6 Å². The minimum absolute atomic E-state index is 0. The quantitative estimate of drug-likeness (QED) is 0.413. The molecule has 1 aromatic heterocycles. The highest BCUT2D eigenvalue weighted by atomic mass is 127. The lowest BCUT2D eigenvalue weighted by Crippen LogP contribution is -2.37. The van der Waals surface area contributed by atoms with Crippen LogP contribution in [0.15, 0.2) is 41.7 Å². The second-order valence-electron chi connectivity index (χ2n) is 6.30. The molecule has 3 rings (SSSR count). The van der Waals surface area contributed by atoms with Crippen molar-refractivity contribution in [3.05, 3.63) is 53.6 Å². The van der Waals surface area contributed by atoms with Gasteiger partial charge >= 0.3 is 0 Å². The maximum atomic E-state index is 5.94. The van der Waals surface area contributed by atoms with Gasteiger partial charge in [0.15, 0.2) is 5.96 Å². The first-order valence-corrected chi connectivity index (χ1v) is 8.30. The van der Waals surface area contributed by atoms with E-state index in [0.29, 0.717) is 12.5 Å². The highest BCUT2D eigenvalue weighted by Gasteiger charge is 2.16. The number of imidazole rings is 1. The van der Waals surface area contributed by atoms with Gasteiger partial charge in [-0.1, -0.05) is 30.7 Å². The molecular formula is C18H26IN5. The fourth-order valence-electron chi connectivity index (χ4n) is 2.77. The Morgan fingerprint density at radius 2 is 2.17 bits per heavy atom. The first kappa shape index (κ1) is 18.8. The van der Waals surface area contributed by atoms with Crippen LogP contribution in [0, 0.1) is 12.8 Å². The van der Waals surface area contributed by atoms with Crippen molar-refractivity contribution in [2.45, 2.75) is 39.3 Å². The van der Waals surface area contributed by atoms with E-state index in [0.717, 1.165) is 24.8 Å². The lowest BCUT2D eigenvalue weighted by Gasteiger charge is -2.25. The molecule has 0 unspecified atom stereocenters. The molecule has 1 fully saturated rings. The van der Waals surface area contributed by atoms with Gasteiger partial charge in [0.1, 0.15) is 5.82 Å². The standard InChI is InChI=1S/C18H25N5.HI/c1-14-20-8-9-23(14)13-17-7-3-6-16(10-17)12-22-18(19)21-11-15-4-2-5-15;/h3,6-10,15H,2,4-5,11-13H2,1H3,(H3,19,21,22);1H. The van der Waals surface area contributed by atoms with Crippen LogP contribution in [0.1, 0.15) is 36.2 Å². The van der Waals surface area contributed by atoms with Gasteiger partial charge in [-0.05, 0) is 36.8 Å². The molecule has 0 radical (unpaired) electrons. The highest BCUT2D eigenvalue weighted by molar-refractivity contribution is 14.0. The lowest BCUT2D eigenvalue weighted by atomic mass is 9.85. The molecule has 3 N–H and O–H groups in total. The lowest BCUT2D eigenvalue weighted by molar-refractivity contribution is 0.315. The number of hydrogen-bond donors (Lipinski definition) is 2. The molecule has 1 aromatic carbocycles. The molecule has 0 atom stereocenters. The number of nitrogens with two attached hydrogens (primary N) is 1. The van der Waals surface area contributed by atoms with E-state index in [1.165, 1.54) is 30.4 Å². The molecule has 1 aliphatic rings. The van der Waals surface area contributed by atoms with Gasteiger partial charge in [-0.3, -0.25) is 0 Å². The molecule has 1 saturated carbocycles. The molecule has 1 heterocycles. The Hall–Kier alpha value is -1.57. The third-order valence-electron chi connectivity index (χ3n) is 4.50. The first-order valence-electron chi connectivity index (χ1n) is 8.30. The summed E-state index contributed by atoms with van der Waals surface area (Å²) < 4.78 is 2.14. The van der Waals surface area contributed by atoms with Crippen LogP contribution in [-0.2, 0) is 13.1 Å². The molecule has 1 aliphatic carbocycles. The Kier molecular flexibility index (Phi) is 7.08. The second-order valence-corrected chi connectivity index (χ2v) is 6.30. The fourth-order valence-corrected chi connectivity index (χ4v) is 2.77. The van der Waals surface area contributed by atoms with E-state index in [1.54, 1.807) is 0 Å².